The maximum Gasteiger partial charge on any atom is 0.291 e. The third-order valence-corrected chi connectivity index (χ3v) is 6.12. The van der Waals surface area contributed by atoms with Crippen molar-refractivity contribution in [3.8, 4) is 0 Å². The lowest BCUT2D eigenvalue weighted by atomic mass is 9.98. The van der Waals surface area contributed by atoms with E-state index in [0.29, 0.717) is 26.6 Å². The molecule has 0 saturated heterocycles. The van der Waals surface area contributed by atoms with Crippen LogP contribution in [0.3, 0.4) is 0 Å². The summed E-state index contributed by atoms with van der Waals surface area (Å²) in [5.41, 5.74) is 1.48. The average Bonchev–Trinajstić information content (AvgIpc) is 3.07. The summed E-state index contributed by atoms with van der Waals surface area (Å²) in [6.45, 7) is -0.0270. The van der Waals surface area contributed by atoms with Gasteiger partial charge in [-0.3, -0.25) is 9.59 Å². The molecule has 0 saturated carbocycles. The van der Waals surface area contributed by atoms with Crippen LogP contribution < -0.4 is 5.43 Å². The highest BCUT2D eigenvalue weighted by atomic mass is 35.5. The first-order valence-corrected chi connectivity index (χ1v) is 10.8. The molecule has 7 heteroatoms. The Balaban J connectivity index is 1.69. The molecule has 4 aromatic rings. The van der Waals surface area contributed by atoms with Crippen LogP contribution in [0.25, 0.3) is 11.0 Å². The van der Waals surface area contributed by atoms with Crippen LogP contribution >= 0.6 is 23.2 Å². The van der Waals surface area contributed by atoms with Crippen LogP contribution in [0.4, 0.5) is 0 Å². The topological polar surface area (TPSA) is 70.8 Å². The monoisotopic (exact) mass is 465 g/mol. The van der Waals surface area contributed by atoms with E-state index in [2.05, 4.69) is 0 Å². The third-order valence-electron chi connectivity index (χ3n) is 5.65. The number of nitrogens with zero attached hydrogens (tertiary/aromatic N) is 1. The fraction of sp³-hybridized carbons (Fsp3) is 0.120. The molecule has 2 heterocycles. The first-order chi connectivity index (χ1) is 15.4. The normalized spacial score (nSPS) is 16.4. The van der Waals surface area contributed by atoms with Gasteiger partial charge in [-0.25, -0.2) is 0 Å². The summed E-state index contributed by atoms with van der Waals surface area (Å²) in [6.07, 6.45) is -0.949. The van der Waals surface area contributed by atoms with Gasteiger partial charge in [0.25, 0.3) is 5.91 Å². The number of hydrogen-bond donors (Lipinski definition) is 1. The van der Waals surface area contributed by atoms with Gasteiger partial charge in [-0.15, -0.1) is 0 Å². The minimum absolute atomic E-state index is 0.0270. The van der Waals surface area contributed by atoms with Gasteiger partial charge in [0.05, 0.1) is 29.6 Å². The maximum absolute atomic E-state index is 13.5. The van der Waals surface area contributed by atoms with Crippen molar-refractivity contribution in [2.45, 2.75) is 12.1 Å². The van der Waals surface area contributed by atoms with Gasteiger partial charge in [0, 0.05) is 10.0 Å². The number of fused-ring (bicyclic) bond motifs is 2. The molecule has 0 spiro atoms. The van der Waals surface area contributed by atoms with Crippen LogP contribution in [0.1, 0.15) is 39.4 Å². The van der Waals surface area contributed by atoms with Crippen LogP contribution in [0.2, 0.25) is 10.0 Å². The van der Waals surface area contributed by atoms with Crippen molar-refractivity contribution < 1.29 is 14.3 Å². The zero-order valence-corrected chi connectivity index (χ0v) is 18.2. The standard InChI is InChI=1S/C25H17Cl2NO4/c26-16-8-4-7-15(11-16)22-21-23(30)18-12-17(27)9-10-20(18)32-24(21)25(31)28(22)13-19(29)14-5-2-1-3-6-14/h1-12,19,22,29H,13H2/t19-,22+/m0/s1. The highest BCUT2D eigenvalue weighted by Crippen LogP contribution is 2.40. The molecule has 0 bridgehead atoms. The molecule has 1 aliphatic rings. The summed E-state index contributed by atoms with van der Waals surface area (Å²) in [4.78, 5) is 28.4. The predicted molar refractivity (Wildman–Crippen MR) is 123 cm³/mol. The van der Waals surface area contributed by atoms with E-state index in [1.165, 1.54) is 11.0 Å². The van der Waals surface area contributed by atoms with E-state index in [4.69, 9.17) is 27.6 Å². The Hall–Kier alpha value is -3.12. The number of rotatable bonds is 4. The first kappa shape index (κ1) is 20.8. The van der Waals surface area contributed by atoms with Crippen molar-refractivity contribution in [1.82, 2.24) is 4.90 Å². The Morgan fingerprint density at radius 1 is 0.938 bits per heavy atom. The van der Waals surface area contributed by atoms with E-state index in [9.17, 15) is 14.7 Å². The highest BCUT2D eigenvalue weighted by Gasteiger charge is 2.43. The average molecular weight is 466 g/mol. The molecule has 1 N–H and O–H groups in total. The number of aliphatic hydroxyl groups excluding tert-OH is 1. The highest BCUT2D eigenvalue weighted by molar-refractivity contribution is 6.31. The number of amides is 1. The lowest BCUT2D eigenvalue weighted by molar-refractivity contribution is 0.0583. The van der Waals surface area contributed by atoms with E-state index < -0.39 is 18.1 Å². The molecule has 5 nitrogen and oxygen atoms in total. The molecule has 32 heavy (non-hydrogen) atoms. The molecule has 1 amide bonds. The maximum atomic E-state index is 13.5. The van der Waals surface area contributed by atoms with Crippen molar-refractivity contribution in [1.29, 1.82) is 0 Å². The molecule has 160 valence electrons. The molecular formula is C25H17Cl2NO4. The number of carbonyl (C=O) groups excluding carboxylic acids is 1. The largest absolute Gasteiger partial charge is 0.450 e. The van der Waals surface area contributed by atoms with Crippen molar-refractivity contribution in [2.24, 2.45) is 0 Å². The van der Waals surface area contributed by atoms with Gasteiger partial charge in [0.2, 0.25) is 5.76 Å². The van der Waals surface area contributed by atoms with Gasteiger partial charge < -0.3 is 14.4 Å². The Bertz CT molecular complexity index is 1400. The molecule has 5 rings (SSSR count). The predicted octanol–water partition coefficient (Wildman–Crippen LogP) is 5.38. The van der Waals surface area contributed by atoms with Crippen LogP contribution in [-0.2, 0) is 0 Å². The Morgan fingerprint density at radius 3 is 2.44 bits per heavy atom. The summed E-state index contributed by atoms with van der Waals surface area (Å²) in [7, 11) is 0. The third kappa shape index (κ3) is 3.48. The Labute approximate surface area is 193 Å². The lowest BCUT2D eigenvalue weighted by Gasteiger charge is -2.27. The van der Waals surface area contributed by atoms with Crippen LogP contribution in [0, 0.1) is 0 Å². The summed E-state index contributed by atoms with van der Waals surface area (Å²) >= 11 is 12.3. The quantitative estimate of drug-likeness (QED) is 0.439. The smallest absolute Gasteiger partial charge is 0.291 e. The van der Waals surface area contributed by atoms with Crippen LogP contribution in [0.5, 0.6) is 0 Å². The SMILES string of the molecule is O=C1c2oc3ccc(Cl)cc3c(=O)c2[C@@H](c2cccc(Cl)c2)N1C[C@H](O)c1ccccc1. The number of carbonyl (C=O) groups is 1. The Kier molecular flexibility index (Phi) is 5.25. The number of hydrogen-bond acceptors (Lipinski definition) is 4. The lowest BCUT2D eigenvalue weighted by Crippen LogP contribution is -2.33. The van der Waals surface area contributed by atoms with Gasteiger partial charge in [-0.2, -0.15) is 0 Å². The van der Waals surface area contributed by atoms with Gasteiger partial charge in [0.15, 0.2) is 5.43 Å². The summed E-state index contributed by atoms with van der Waals surface area (Å²) in [5, 5.41) is 12.0. The number of β-amino-alcohol motifs (C(OH)–C–C–N with tert-alkyl or cyclic N) is 1. The second kappa shape index (κ2) is 8.10. The summed E-state index contributed by atoms with van der Waals surface area (Å²) in [6, 6.07) is 20.0. The minimum Gasteiger partial charge on any atom is -0.450 e. The molecular weight excluding hydrogens is 449 g/mol. The first-order valence-electron chi connectivity index (χ1n) is 10.00. The zero-order valence-electron chi connectivity index (χ0n) is 16.7. The molecule has 3 aromatic carbocycles. The second-order valence-electron chi connectivity index (χ2n) is 7.66. The summed E-state index contributed by atoms with van der Waals surface area (Å²) in [5.74, 6) is -0.496. The van der Waals surface area contributed by atoms with E-state index in [0.717, 1.165) is 0 Å². The van der Waals surface area contributed by atoms with Gasteiger partial charge in [-0.05, 0) is 41.5 Å². The van der Waals surface area contributed by atoms with Crippen molar-refractivity contribution in [2.75, 3.05) is 6.54 Å². The second-order valence-corrected chi connectivity index (χ2v) is 8.53. The van der Waals surface area contributed by atoms with Crippen LogP contribution in [0.15, 0.2) is 82.0 Å². The van der Waals surface area contributed by atoms with E-state index >= 15 is 0 Å². The van der Waals surface area contributed by atoms with Gasteiger partial charge >= 0.3 is 0 Å². The fourth-order valence-electron chi connectivity index (χ4n) is 4.17. The van der Waals surface area contributed by atoms with Crippen molar-refractivity contribution in [3.63, 3.8) is 0 Å². The van der Waals surface area contributed by atoms with E-state index in [-0.39, 0.29) is 28.9 Å². The number of halogens is 2. The van der Waals surface area contributed by atoms with E-state index in [1.807, 2.05) is 18.2 Å². The Morgan fingerprint density at radius 2 is 1.69 bits per heavy atom. The number of benzene rings is 3. The van der Waals surface area contributed by atoms with Gasteiger partial charge in [0.1, 0.15) is 5.58 Å². The molecule has 2 atom stereocenters. The van der Waals surface area contributed by atoms with Gasteiger partial charge in [-0.1, -0.05) is 65.7 Å². The van der Waals surface area contributed by atoms with Crippen LogP contribution in [-0.4, -0.2) is 22.5 Å². The van der Waals surface area contributed by atoms with E-state index in [1.54, 1.807) is 48.5 Å². The summed E-state index contributed by atoms with van der Waals surface area (Å²) < 4.78 is 5.89. The molecule has 1 aromatic heterocycles. The molecule has 0 fully saturated rings. The molecule has 0 unspecified atom stereocenters. The zero-order chi connectivity index (χ0) is 22.4. The molecule has 0 aliphatic carbocycles. The fourth-order valence-corrected chi connectivity index (χ4v) is 4.54. The number of aliphatic hydroxyl groups is 1. The van der Waals surface area contributed by atoms with Crippen molar-refractivity contribution >= 4 is 40.1 Å². The molecule has 0 radical (unpaired) electrons. The minimum atomic E-state index is -0.949. The van der Waals surface area contributed by atoms with Crippen molar-refractivity contribution in [3.05, 3.63) is 116 Å². The molecule has 1 aliphatic heterocycles.